The molecule has 0 aliphatic rings. The van der Waals surface area contributed by atoms with Crippen molar-refractivity contribution in [1.82, 2.24) is 5.32 Å². The summed E-state index contributed by atoms with van der Waals surface area (Å²) in [6.45, 7) is 6.61. The van der Waals surface area contributed by atoms with Gasteiger partial charge in [-0.2, -0.15) is 12.6 Å². The molecule has 0 fully saturated rings. The Morgan fingerprint density at radius 1 is 0.933 bits per heavy atom. The largest absolute Gasteiger partial charge is 0.316 e. The summed E-state index contributed by atoms with van der Waals surface area (Å²) in [5, 5.41) is 3.90. The SMILES string of the molecule is CCCCCCCCCCNCC(C)S. The number of nitrogens with one attached hydrogen (secondary N) is 1. The second kappa shape index (κ2) is 12.4. The van der Waals surface area contributed by atoms with Crippen molar-refractivity contribution in [2.75, 3.05) is 13.1 Å². The predicted molar refractivity (Wildman–Crippen MR) is 73.9 cm³/mol. The average molecular weight is 231 g/mol. The number of hydrogen-bond acceptors (Lipinski definition) is 2. The molecule has 15 heavy (non-hydrogen) atoms. The topological polar surface area (TPSA) is 12.0 Å². The third-order valence-corrected chi connectivity index (χ3v) is 2.83. The second-order valence-electron chi connectivity index (χ2n) is 4.53. The van der Waals surface area contributed by atoms with Gasteiger partial charge in [0.15, 0.2) is 0 Å². The van der Waals surface area contributed by atoms with Gasteiger partial charge >= 0.3 is 0 Å². The summed E-state index contributed by atoms with van der Waals surface area (Å²) in [7, 11) is 0. The molecule has 0 aliphatic carbocycles. The lowest BCUT2D eigenvalue weighted by molar-refractivity contribution is 0.556. The van der Waals surface area contributed by atoms with Crippen molar-refractivity contribution in [2.24, 2.45) is 0 Å². The van der Waals surface area contributed by atoms with E-state index in [0.29, 0.717) is 5.25 Å². The highest BCUT2D eigenvalue weighted by molar-refractivity contribution is 7.80. The Kier molecular flexibility index (Phi) is 12.6. The van der Waals surface area contributed by atoms with Gasteiger partial charge in [-0.3, -0.25) is 0 Å². The molecule has 1 N–H and O–H groups in total. The van der Waals surface area contributed by atoms with Gasteiger partial charge in [-0.05, 0) is 13.0 Å². The van der Waals surface area contributed by atoms with Gasteiger partial charge in [-0.25, -0.2) is 0 Å². The molecule has 92 valence electrons. The molecule has 0 amide bonds. The fraction of sp³-hybridized carbons (Fsp3) is 1.00. The lowest BCUT2D eigenvalue weighted by atomic mass is 10.1. The lowest BCUT2D eigenvalue weighted by Gasteiger charge is -2.06. The molecular weight excluding hydrogens is 202 g/mol. The maximum Gasteiger partial charge on any atom is 0.0113 e. The molecule has 0 rings (SSSR count). The van der Waals surface area contributed by atoms with Crippen LogP contribution in [0.1, 0.15) is 65.2 Å². The monoisotopic (exact) mass is 231 g/mol. The number of unbranched alkanes of at least 4 members (excludes halogenated alkanes) is 7. The van der Waals surface area contributed by atoms with Crippen LogP contribution in [0.3, 0.4) is 0 Å². The molecule has 0 radical (unpaired) electrons. The maximum absolute atomic E-state index is 4.33. The molecule has 0 spiro atoms. The van der Waals surface area contributed by atoms with Crippen LogP contribution in [0, 0.1) is 0 Å². The van der Waals surface area contributed by atoms with Crippen LogP contribution in [-0.4, -0.2) is 18.3 Å². The van der Waals surface area contributed by atoms with Crippen molar-refractivity contribution in [3.8, 4) is 0 Å². The molecule has 0 aromatic carbocycles. The van der Waals surface area contributed by atoms with Gasteiger partial charge in [-0.15, -0.1) is 0 Å². The van der Waals surface area contributed by atoms with Gasteiger partial charge in [0, 0.05) is 11.8 Å². The summed E-state index contributed by atoms with van der Waals surface area (Å²) < 4.78 is 0. The molecule has 0 saturated heterocycles. The highest BCUT2D eigenvalue weighted by atomic mass is 32.1. The second-order valence-corrected chi connectivity index (χ2v) is 5.41. The van der Waals surface area contributed by atoms with E-state index in [4.69, 9.17) is 0 Å². The first-order valence-electron chi connectivity index (χ1n) is 6.66. The van der Waals surface area contributed by atoms with Crippen LogP contribution in [0.2, 0.25) is 0 Å². The van der Waals surface area contributed by atoms with Gasteiger partial charge in [0.25, 0.3) is 0 Å². The van der Waals surface area contributed by atoms with Crippen LogP contribution in [0.15, 0.2) is 0 Å². The first-order chi connectivity index (χ1) is 7.27. The van der Waals surface area contributed by atoms with Crippen molar-refractivity contribution in [2.45, 2.75) is 70.5 Å². The van der Waals surface area contributed by atoms with Gasteiger partial charge in [0.2, 0.25) is 0 Å². The van der Waals surface area contributed by atoms with Crippen LogP contribution in [0.4, 0.5) is 0 Å². The van der Waals surface area contributed by atoms with Crippen LogP contribution in [-0.2, 0) is 0 Å². The van der Waals surface area contributed by atoms with E-state index in [2.05, 4.69) is 31.8 Å². The van der Waals surface area contributed by atoms with E-state index in [9.17, 15) is 0 Å². The molecule has 2 heteroatoms. The van der Waals surface area contributed by atoms with Gasteiger partial charge in [0.1, 0.15) is 0 Å². The minimum atomic E-state index is 0.485. The van der Waals surface area contributed by atoms with Crippen molar-refractivity contribution in [1.29, 1.82) is 0 Å². The highest BCUT2D eigenvalue weighted by Gasteiger charge is 1.94. The predicted octanol–water partition coefficient (Wildman–Crippen LogP) is 4.04. The Labute approximate surface area is 102 Å². The number of rotatable bonds is 11. The van der Waals surface area contributed by atoms with Gasteiger partial charge in [-0.1, -0.05) is 58.8 Å². The quantitative estimate of drug-likeness (QED) is 0.404. The lowest BCUT2D eigenvalue weighted by Crippen LogP contribution is -2.22. The van der Waals surface area contributed by atoms with Crippen molar-refractivity contribution < 1.29 is 0 Å². The Hall–Kier alpha value is 0.310. The summed E-state index contributed by atoms with van der Waals surface area (Å²) in [5.41, 5.74) is 0. The van der Waals surface area contributed by atoms with Crippen LogP contribution >= 0.6 is 12.6 Å². The molecule has 1 atom stereocenters. The fourth-order valence-electron chi connectivity index (χ4n) is 1.69. The molecule has 0 saturated carbocycles. The van der Waals surface area contributed by atoms with E-state index >= 15 is 0 Å². The van der Waals surface area contributed by atoms with Crippen LogP contribution < -0.4 is 5.32 Å². The van der Waals surface area contributed by atoms with Crippen molar-refractivity contribution >= 4 is 12.6 Å². The zero-order valence-electron chi connectivity index (χ0n) is 10.6. The zero-order valence-corrected chi connectivity index (χ0v) is 11.5. The third kappa shape index (κ3) is 14.3. The summed E-state index contributed by atoms with van der Waals surface area (Å²) in [4.78, 5) is 0. The van der Waals surface area contributed by atoms with Crippen molar-refractivity contribution in [3.63, 3.8) is 0 Å². The van der Waals surface area contributed by atoms with E-state index < -0.39 is 0 Å². The van der Waals surface area contributed by atoms with E-state index in [1.165, 1.54) is 57.9 Å². The maximum atomic E-state index is 4.33. The number of thiol groups is 1. The molecular formula is C13H29NS. The van der Waals surface area contributed by atoms with Crippen LogP contribution in [0.5, 0.6) is 0 Å². The molecule has 1 nitrogen and oxygen atoms in total. The molecule has 1 unspecified atom stereocenters. The first kappa shape index (κ1) is 15.3. The Morgan fingerprint density at radius 3 is 2.00 bits per heavy atom. The summed E-state index contributed by atoms with van der Waals surface area (Å²) in [6, 6.07) is 0. The molecule has 0 bridgehead atoms. The minimum absolute atomic E-state index is 0.485. The molecule has 0 aliphatic heterocycles. The van der Waals surface area contributed by atoms with E-state index in [0.717, 1.165) is 6.54 Å². The average Bonchev–Trinajstić information content (AvgIpc) is 2.20. The highest BCUT2D eigenvalue weighted by Crippen LogP contribution is 2.07. The molecule has 0 aromatic heterocycles. The molecule has 0 heterocycles. The smallest absolute Gasteiger partial charge is 0.0113 e. The normalized spacial score (nSPS) is 13.0. The van der Waals surface area contributed by atoms with E-state index in [-0.39, 0.29) is 0 Å². The van der Waals surface area contributed by atoms with E-state index in [1.54, 1.807) is 0 Å². The Morgan fingerprint density at radius 2 is 1.47 bits per heavy atom. The zero-order chi connectivity index (χ0) is 11.4. The summed E-state index contributed by atoms with van der Waals surface area (Å²) in [5.74, 6) is 0. The summed E-state index contributed by atoms with van der Waals surface area (Å²) in [6.07, 6.45) is 11.2. The fourth-order valence-corrected chi connectivity index (χ4v) is 1.82. The first-order valence-corrected chi connectivity index (χ1v) is 7.17. The third-order valence-electron chi connectivity index (χ3n) is 2.65. The minimum Gasteiger partial charge on any atom is -0.316 e. The van der Waals surface area contributed by atoms with Crippen LogP contribution in [0.25, 0.3) is 0 Å². The van der Waals surface area contributed by atoms with Crippen molar-refractivity contribution in [3.05, 3.63) is 0 Å². The van der Waals surface area contributed by atoms with Gasteiger partial charge < -0.3 is 5.32 Å². The Bertz CT molecular complexity index is 115. The Balaban J connectivity index is 2.87. The standard InChI is InChI=1S/C13H29NS/c1-3-4-5-6-7-8-9-10-11-14-12-13(2)15/h13-15H,3-12H2,1-2H3. The number of hydrogen-bond donors (Lipinski definition) is 2. The van der Waals surface area contributed by atoms with Gasteiger partial charge in [0.05, 0.1) is 0 Å². The summed E-state index contributed by atoms with van der Waals surface area (Å²) >= 11 is 4.33. The van der Waals surface area contributed by atoms with E-state index in [1.807, 2.05) is 0 Å². The molecule has 0 aromatic rings.